The van der Waals surface area contributed by atoms with Crippen LogP contribution in [0.4, 0.5) is 5.82 Å². The highest BCUT2D eigenvalue weighted by Gasteiger charge is 2.00. The van der Waals surface area contributed by atoms with Crippen molar-refractivity contribution in [3.63, 3.8) is 0 Å². The molecule has 0 fully saturated rings. The summed E-state index contributed by atoms with van der Waals surface area (Å²) >= 11 is 0. The predicted octanol–water partition coefficient (Wildman–Crippen LogP) is 4.04. The summed E-state index contributed by atoms with van der Waals surface area (Å²) in [6.45, 7) is 13.0. The molecule has 0 aliphatic rings. The van der Waals surface area contributed by atoms with E-state index in [9.17, 15) is 0 Å². The van der Waals surface area contributed by atoms with Gasteiger partial charge in [0.05, 0.1) is 12.7 Å². The summed E-state index contributed by atoms with van der Waals surface area (Å²) in [4.78, 5) is 4.61. The molecule has 0 radical (unpaired) electrons. The maximum Gasteiger partial charge on any atom is 0.128 e. The van der Waals surface area contributed by atoms with Crippen molar-refractivity contribution in [3.05, 3.63) is 23.4 Å². The highest BCUT2D eigenvalue weighted by molar-refractivity contribution is 5.43. The predicted molar refractivity (Wildman–Crippen MR) is 98.9 cm³/mol. The summed E-state index contributed by atoms with van der Waals surface area (Å²) in [5.41, 5.74) is 2.37. The first-order valence-corrected chi connectivity index (χ1v) is 8.60. The van der Waals surface area contributed by atoms with Gasteiger partial charge in [0.2, 0.25) is 0 Å². The van der Waals surface area contributed by atoms with Crippen molar-refractivity contribution >= 4 is 5.82 Å². The minimum atomic E-state index is 0. The lowest BCUT2D eigenvalue weighted by Gasteiger charge is -2.09. The van der Waals surface area contributed by atoms with Crippen molar-refractivity contribution < 1.29 is 6.16 Å². The van der Waals surface area contributed by atoms with Gasteiger partial charge in [-0.05, 0) is 58.2 Å². The zero-order valence-electron chi connectivity index (χ0n) is 15.3. The third-order valence-electron chi connectivity index (χ3n) is 3.16. The summed E-state index contributed by atoms with van der Waals surface area (Å²) in [7, 11) is 1.92. The van der Waals surface area contributed by atoms with Crippen molar-refractivity contribution in [2.45, 2.75) is 60.0 Å². The zero-order valence-corrected chi connectivity index (χ0v) is 15.3. The van der Waals surface area contributed by atoms with Crippen molar-refractivity contribution in [2.24, 2.45) is 0 Å². The molecule has 0 saturated heterocycles. The first-order valence-electron chi connectivity index (χ1n) is 8.60. The number of rotatable bonds is 10. The van der Waals surface area contributed by atoms with Gasteiger partial charge >= 0.3 is 0 Å². The molecule has 0 saturated carbocycles. The standard InChI is InChI=1S/C16H29N3O.C2H6.H2/c1-13(2)20-12-11-18-10-6-5-7-15-9-8-14(3)16(17-4)19-15;1-2;/h8-9,13,18H,5-7,10-12H2,1-4H3,(H,17,19);1-2H3;1H. The smallest absolute Gasteiger partial charge is 0.128 e. The summed E-state index contributed by atoms with van der Waals surface area (Å²) in [5.74, 6) is 0.992. The third-order valence-corrected chi connectivity index (χ3v) is 3.16. The van der Waals surface area contributed by atoms with E-state index in [1.807, 2.05) is 20.9 Å². The van der Waals surface area contributed by atoms with Crippen LogP contribution in [0.1, 0.15) is 53.2 Å². The molecule has 0 bridgehead atoms. The van der Waals surface area contributed by atoms with Gasteiger partial charge < -0.3 is 15.4 Å². The Morgan fingerprint density at radius 2 is 1.91 bits per heavy atom. The second-order valence-corrected chi connectivity index (χ2v) is 5.34. The summed E-state index contributed by atoms with van der Waals surface area (Å²) in [5, 5.41) is 6.53. The zero-order chi connectivity index (χ0) is 16.8. The van der Waals surface area contributed by atoms with Crippen LogP contribution in [0, 0.1) is 6.92 Å². The van der Waals surface area contributed by atoms with E-state index in [1.54, 1.807) is 0 Å². The lowest BCUT2D eigenvalue weighted by atomic mass is 10.1. The van der Waals surface area contributed by atoms with Gasteiger partial charge in [0.25, 0.3) is 0 Å². The first kappa shape index (κ1) is 20.9. The number of pyridine rings is 1. The Hall–Kier alpha value is -1.13. The van der Waals surface area contributed by atoms with Gasteiger partial charge in [0, 0.05) is 20.7 Å². The molecule has 1 aromatic heterocycles. The van der Waals surface area contributed by atoms with Crippen molar-refractivity contribution in [1.29, 1.82) is 0 Å². The molecule has 0 aliphatic heterocycles. The normalized spacial score (nSPS) is 10.3. The maximum absolute atomic E-state index is 5.47. The number of unbranched alkanes of at least 4 members (excludes halogenated alkanes) is 1. The summed E-state index contributed by atoms with van der Waals surface area (Å²) in [6, 6.07) is 4.26. The Bertz CT molecular complexity index is 387. The molecule has 1 rings (SSSR count). The van der Waals surface area contributed by atoms with Gasteiger partial charge in [0.15, 0.2) is 0 Å². The maximum atomic E-state index is 5.47. The van der Waals surface area contributed by atoms with Crippen molar-refractivity contribution in [3.8, 4) is 0 Å². The molecular formula is C18H37N3O. The third kappa shape index (κ3) is 9.74. The molecule has 1 heterocycles. The lowest BCUT2D eigenvalue weighted by molar-refractivity contribution is 0.0809. The molecular weight excluding hydrogens is 274 g/mol. The van der Waals surface area contributed by atoms with E-state index in [-0.39, 0.29) is 1.43 Å². The molecule has 0 aliphatic carbocycles. The van der Waals surface area contributed by atoms with Crippen LogP contribution in [0.25, 0.3) is 0 Å². The van der Waals surface area contributed by atoms with E-state index >= 15 is 0 Å². The largest absolute Gasteiger partial charge is 0.377 e. The second kappa shape index (κ2) is 13.5. The highest BCUT2D eigenvalue weighted by Crippen LogP contribution is 2.12. The van der Waals surface area contributed by atoms with E-state index in [2.05, 4.69) is 48.5 Å². The Labute approximate surface area is 138 Å². The number of ether oxygens (including phenoxy) is 1. The van der Waals surface area contributed by atoms with Gasteiger partial charge in [-0.15, -0.1) is 0 Å². The van der Waals surface area contributed by atoms with Crippen LogP contribution in [-0.2, 0) is 11.2 Å². The molecule has 0 aromatic carbocycles. The van der Waals surface area contributed by atoms with E-state index < -0.39 is 0 Å². The fourth-order valence-corrected chi connectivity index (χ4v) is 2.01. The van der Waals surface area contributed by atoms with Crippen LogP contribution in [-0.4, -0.2) is 37.8 Å². The van der Waals surface area contributed by atoms with E-state index in [1.165, 1.54) is 17.7 Å². The van der Waals surface area contributed by atoms with Crippen molar-refractivity contribution in [1.82, 2.24) is 10.3 Å². The number of hydrogen-bond donors (Lipinski definition) is 2. The Morgan fingerprint density at radius 1 is 1.18 bits per heavy atom. The van der Waals surface area contributed by atoms with Crippen LogP contribution in [0.5, 0.6) is 0 Å². The number of nitrogens with zero attached hydrogens (tertiary/aromatic N) is 1. The number of hydrogen-bond acceptors (Lipinski definition) is 4. The first-order chi connectivity index (χ1) is 10.6. The average molecular weight is 312 g/mol. The Balaban J connectivity index is 0. The molecule has 130 valence electrons. The van der Waals surface area contributed by atoms with E-state index in [0.717, 1.165) is 38.4 Å². The number of aromatic nitrogens is 1. The minimum Gasteiger partial charge on any atom is -0.377 e. The quantitative estimate of drug-likeness (QED) is 0.640. The minimum absolute atomic E-state index is 0. The Morgan fingerprint density at radius 3 is 2.55 bits per heavy atom. The Kier molecular flexibility index (Phi) is 12.8. The number of anilines is 1. The summed E-state index contributed by atoms with van der Waals surface area (Å²) in [6.07, 6.45) is 3.70. The van der Waals surface area contributed by atoms with Crippen LogP contribution >= 0.6 is 0 Å². The average Bonchev–Trinajstić information content (AvgIpc) is 2.53. The molecule has 2 N–H and O–H groups in total. The van der Waals surface area contributed by atoms with Crippen LogP contribution in [0.2, 0.25) is 0 Å². The topological polar surface area (TPSA) is 46.2 Å². The molecule has 22 heavy (non-hydrogen) atoms. The van der Waals surface area contributed by atoms with Gasteiger partial charge in [-0.3, -0.25) is 0 Å². The van der Waals surface area contributed by atoms with Crippen LogP contribution < -0.4 is 10.6 Å². The van der Waals surface area contributed by atoms with Gasteiger partial charge in [0.1, 0.15) is 5.82 Å². The van der Waals surface area contributed by atoms with Gasteiger partial charge in [-0.25, -0.2) is 4.98 Å². The van der Waals surface area contributed by atoms with Gasteiger partial charge in [-0.1, -0.05) is 19.9 Å². The van der Waals surface area contributed by atoms with Crippen LogP contribution in [0.15, 0.2) is 12.1 Å². The molecule has 0 spiro atoms. The van der Waals surface area contributed by atoms with E-state index in [0.29, 0.717) is 6.10 Å². The second-order valence-electron chi connectivity index (χ2n) is 5.34. The monoisotopic (exact) mass is 311 g/mol. The fourth-order valence-electron chi connectivity index (χ4n) is 2.01. The number of nitrogens with one attached hydrogen (secondary N) is 2. The highest BCUT2D eigenvalue weighted by atomic mass is 16.5. The lowest BCUT2D eigenvalue weighted by Crippen LogP contribution is -2.22. The molecule has 1 aromatic rings. The molecule has 0 amide bonds. The summed E-state index contributed by atoms with van der Waals surface area (Å²) < 4.78 is 5.47. The SMILES string of the molecule is CC.CNc1nc(CCCCNCCOC(C)C)ccc1C.[HH]. The fraction of sp³-hybridized carbons (Fsp3) is 0.722. The number of aryl methyl sites for hydroxylation is 2. The molecule has 4 heteroatoms. The van der Waals surface area contributed by atoms with E-state index in [4.69, 9.17) is 4.74 Å². The van der Waals surface area contributed by atoms with Crippen LogP contribution in [0.3, 0.4) is 0 Å². The van der Waals surface area contributed by atoms with Crippen molar-refractivity contribution in [2.75, 3.05) is 32.1 Å². The molecule has 0 unspecified atom stereocenters. The molecule has 4 nitrogen and oxygen atoms in total. The molecule has 0 atom stereocenters. The van der Waals surface area contributed by atoms with Gasteiger partial charge in [-0.2, -0.15) is 0 Å².